The molecule has 2 heterocycles. The topological polar surface area (TPSA) is 75.5 Å². The van der Waals surface area contributed by atoms with Gasteiger partial charge in [0.15, 0.2) is 0 Å². The molecule has 3 rings (SSSR count). The Labute approximate surface area is 165 Å². The lowest BCUT2D eigenvalue weighted by Crippen LogP contribution is -2.36. The molecule has 1 N–H and O–H groups in total. The Morgan fingerprint density at radius 2 is 1.96 bits per heavy atom. The highest BCUT2D eigenvalue weighted by Crippen LogP contribution is 2.35. The van der Waals surface area contributed by atoms with Crippen molar-refractivity contribution in [3.8, 4) is 0 Å². The summed E-state index contributed by atoms with van der Waals surface area (Å²) in [5.74, 6) is 0.0433. The quantitative estimate of drug-likeness (QED) is 0.477. The number of halogens is 1. The molecule has 0 radical (unpaired) electrons. The molecule has 1 fully saturated rings. The number of anilines is 1. The van der Waals surface area contributed by atoms with Crippen LogP contribution < -0.4 is 4.90 Å². The van der Waals surface area contributed by atoms with Crippen LogP contribution in [0.1, 0.15) is 67.9 Å². The number of allylic oxidation sites excluding steroid dienone is 1. The number of carbonyl (C=O) groups is 1. The number of carbonyl (C=O) groups excluding carboxylic acids is 1. The molecular formula is C20H28ClN3O3. The summed E-state index contributed by atoms with van der Waals surface area (Å²) in [6.45, 7) is 3.56. The molecule has 27 heavy (non-hydrogen) atoms. The van der Waals surface area contributed by atoms with Gasteiger partial charge >= 0.3 is 5.97 Å². The van der Waals surface area contributed by atoms with Gasteiger partial charge in [-0.25, -0.2) is 9.78 Å². The van der Waals surface area contributed by atoms with Crippen LogP contribution >= 0.6 is 11.6 Å². The maximum Gasteiger partial charge on any atom is 0.343 e. The number of aromatic nitrogens is 2. The number of hydrogen-bond acceptors (Lipinski definition) is 6. The number of esters is 1. The predicted octanol–water partition coefficient (Wildman–Crippen LogP) is 3.70. The van der Waals surface area contributed by atoms with E-state index in [0.717, 1.165) is 44.3 Å². The van der Waals surface area contributed by atoms with E-state index in [1.165, 1.54) is 20.0 Å². The minimum absolute atomic E-state index is 0.0953. The van der Waals surface area contributed by atoms with Crippen molar-refractivity contribution in [2.24, 2.45) is 0 Å². The van der Waals surface area contributed by atoms with E-state index in [0.29, 0.717) is 23.5 Å². The Kier molecular flexibility index (Phi) is 6.37. The smallest absolute Gasteiger partial charge is 0.343 e. The first kappa shape index (κ1) is 20.1. The first-order valence-electron chi connectivity index (χ1n) is 9.74. The SMILES string of the molecule is COC(=O)c1c(CC2(O)CCCC=C2C)nc(Cl)nc1N1CCCCCC1. The van der Waals surface area contributed by atoms with Gasteiger partial charge < -0.3 is 14.7 Å². The first-order chi connectivity index (χ1) is 12.9. The van der Waals surface area contributed by atoms with E-state index in [1.807, 2.05) is 6.92 Å². The molecule has 0 aromatic carbocycles. The van der Waals surface area contributed by atoms with E-state index in [9.17, 15) is 9.90 Å². The third kappa shape index (κ3) is 4.43. The van der Waals surface area contributed by atoms with Crippen LogP contribution in [-0.4, -0.2) is 46.8 Å². The van der Waals surface area contributed by atoms with Crippen molar-refractivity contribution in [2.45, 2.75) is 63.9 Å². The van der Waals surface area contributed by atoms with E-state index in [2.05, 4.69) is 20.9 Å². The highest BCUT2D eigenvalue weighted by Gasteiger charge is 2.35. The van der Waals surface area contributed by atoms with E-state index in [1.54, 1.807) is 0 Å². The Bertz CT molecular complexity index is 729. The van der Waals surface area contributed by atoms with Gasteiger partial charge in [-0.05, 0) is 56.2 Å². The molecule has 1 atom stereocenters. The van der Waals surface area contributed by atoms with Crippen molar-refractivity contribution in [2.75, 3.05) is 25.1 Å². The van der Waals surface area contributed by atoms with Crippen LogP contribution in [0.2, 0.25) is 5.28 Å². The van der Waals surface area contributed by atoms with E-state index in [4.69, 9.17) is 16.3 Å². The molecule has 0 spiro atoms. The van der Waals surface area contributed by atoms with Crippen LogP contribution in [0.25, 0.3) is 0 Å². The molecule has 1 aromatic rings. The zero-order chi connectivity index (χ0) is 19.4. The molecule has 1 unspecified atom stereocenters. The number of aliphatic hydroxyl groups is 1. The number of methoxy groups -OCH3 is 1. The average Bonchev–Trinajstić information content (AvgIpc) is 2.92. The van der Waals surface area contributed by atoms with E-state index < -0.39 is 11.6 Å². The fraction of sp³-hybridized carbons (Fsp3) is 0.650. The summed E-state index contributed by atoms with van der Waals surface area (Å²) in [5.41, 5.74) is 0.679. The molecule has 1 aliphatic carbocycles. The summed E-state index contributed by atoms with van der Waals surface area (Å²) in [5, 5.41) is 11.3. The Hall–Kier alpha value is -1.66. The molecule has 0 bridgehead atoms. The van der Waals surface area contributed by atoms with Crippen molar-refractivity contribution >= 4 is 23.4 Å². The van der Waals surface area contributed by atoms with Crippen molar-refractivity contribution in [1.82, 2.24) is 9.97 Å². The van der Waals surface area contributed by atoms with Gasteiger partial charge in [0.2, 0.25) is 5.28 Å². The van der Waals surface area contributed by atoms with Crippen LogP contribution in [0.5, 0.6) is 0 Å². The van der Waals surface area contributed by atoms with Crippen LogP contribution in [0.15, 0.2) is 11.6 Å². The second-order valence-corrected chi connectivity index (χ2v) is 7.86. The van der Waals surface area contributed by atoms with Crippen molar-refractivity contribution in [3.05, 3.63) is 28.2 Å². The molecular weight excluding hydrogens is 366 g/mol. The van der Waals surface area contributed by atoms with Crippen molar-refractivity contribution in [3.63, 3.8) is 0 Å². The largest absolute Gasteiger partial charge is 0.465 e. The fourth-order valence-corrected chi connectivity index (χ4v) is 4.20. The van der Waals surface area contributed by atoms with Gasteiger partial charge in [0.1, 0.15) is 11.4 Å². The number of nitrogens with zero attached hydrogens (tertiary/aromatic N) is 3. The van der Waals surface area contributed by atoms with Crippen LogP contribution in [0.4, 0.5) is 5.82 Å². The molecule has 148 valence electrons. The molecule has 7 heteroatoms. The molecule has 0 amide bonds. The number of ether oxygens (including phenoxy) is 1. The van der Waals surface area contributed by atoms with Gasteiger partial charge in [0, 0.05) is 19.5 Å². The standard InChI is InChI=1S/C20H28ClN3O3/c1-14-9-5-6-10-20(14,26)13-15-16(18(25)27-2)17(23-19(21)22-15)24-11-7-3-4-8-12-24/h9,26H,3-8,10-13H2,1-2H3. The summed E-state index contributed by atoms with van der Waals surface area (Å²) in [7, 11) is 1.35. The van der Waals surface area contributed by atoms with Gasteiger partial charge in [-0.3, -0.25) is 0 Å². The molecule has 1 saturated heterocycles. The summed E-state index contributed by atoms with van der Waals surface area (Å²) in [4.78, 5) is 23.5. The van der Waals surface area contributed by atoms with Crippen LogP contribution in [0.3, 0.4) is 0 Å². The van der Waals surface area contributed by atoms with Crippen molar-refractivity contribution in [1.29, 1.82) is 0 Å². The van der Waals surface area contributed by atoms with E-state index in [-0.39, 0.29) is 11.7 Å². The summed E-state index contributed by atoms with van der Waals surface area (Å²) >= 11 is 6.23. The first-order valence-corrected chi connectivity index (χ1v) is 10.1. The summed E-state index contributed by atoms with van der Waals surface area (Å²) in [6.07, 6.45) is 9.20. The van der Waals surface area contributed by atoms with Crippen molar-refractivity contribution < 1.29 is 14.6 Å². The second kappa shape index (κ2) is 8.57. The lowest BCUT2D eigenvalue weighted by atomic mass is 9.80. The molecule has 1 aromatic heterocycles. The normalized spacial score (nSPS) is 23.6. The minimum Gasteiger partial charge on any atom is -0.465 e. The Morgan fingerprint density at radius 1 is 1.26 bits per heavy atom. The molecule has 6 nitrogen and oxygen atoms in total. The lowest BCUT2D eigenvalue weighted by molar-refractivity contribution is 0.0564. The maximum atomic E-state index is 12.7. The monoisotopic (exact) mass is 393 g/mol. The highest BCUT2D eigenvalue weighted by molar-refractivity contribution is 6.28. The Morgan fingerprint density at radius 3 is 2.59 bits per heavy atom. The molecule has 1 aliphatic heterocycles. The van der Waals surface area contributed by atoms with Crippen LogP contribution in [0, 0.1) is 0 Å². The average molecular weight is 394 g/mol. The maximum absolute atomic E-state index is 12.7. The summed E-state index contributed by atoms with van der Waals surface area (Å²) in [6, 6.07) is 0. The molecule has 0 saturated carbocycles. The van der Waals surface area contributed by atoms with Gasteiger partial charge in [0.25, 0.3) is 0 Å². The van der Waals surface area contributed by atoms with Gasteiger partial charge in [-0.2, -0.15) is 4.98 Å². The zero-order valence-electron chi connectivity index (χ0n) is 16.1. The third-order valence-corrected chi connectivity index (χ3v) is 5.84. The third-order valence-electron chi connectivity index (χ3n) is 5.67. The fourth-order valence-electron chi connectivity index (χ4n) is 4.02. The number of hydrogen-bond donors (Lipinski definition) is 1. The lowest BCUT2D eigenvalue weighted by Gasteiger charge is -2.33. The van der Waals surface area contributed by atoms with E-state index >= 15 is 0 Å². The van der Waals surface area contributed by atoms with Crippen LogP contribution in [-0.2, 0) is 11.2 Å². The molecule has 2 aliphatic rings. The Balaban J connectivity index is 2.05. The second-order valence-electron chi connectivity index (χ2n) is 7.52. The van der Waals surface area contributed by atoms with Gasteiger partial charge in [-0.15, -0.1) is 0 Å². The van der Waals surface area contributed by atoms with Gasteiger partial charge in [0.05, 0.1) is 18.4 Å². The highest BCUT2D eigenvalue weighted by atomic mass is 35.5. The predicted molar refractivity (Wildman–Crippen MR) is 105 cm³/mol. The minimum atomic E-state index is -1.02. The number of rotatable bonds is 4. The zero-order valence-corrected chi connectivity index (χ0v) is 16.9. The van der Waals surface area contributed by atoms with Gasteiger partial charge in [-0.1, -0.05) is 18.9 Å². The summed E-state index contributed by atoms with van der Waals surface area (Å²) < 4.78 is 5.04.